The van der Waals surface area contributed by atoms with E-state index in [0.29, 0.717) is 5.92 Å². The highest BCUT2D eigenvalue weighted by atomic mass is 32.1. The Balaban J connectivity index is 1.96. The fourth-order valence-corrected chi connectivity index (χ4v) is 3.65. The van der Waals surface area contributed by atoms with Crippen LogP contribution in [-0.4, -0.2) is 11.5 Å². The van der Waals surface area contributed by atoms with Gasteiger partial charge in [0.1, 0.15) is 0 Å². The van der Waals surface area contributed by atoms with Crippen molar-refractivity contribution in [2.45, 2.75) is 31.6 Å². The van der Waals surface area contributed by atoms with Gasteiger partial charge in [0.05, 0.1) is 12.0 Å². The average Bonchev–Trinajstić information content (AvgIpc) is 2.98. The van der Waals surface area contributed by atoms with Crippen LogP contribution in [0.2, 0.25) is 0 Å². The summed E-state index contributed by atoms with van der Waals surface area (Å²) in [4.78, 5) is 6.19. The SMILES string of the molecule is NCCC1CCCc2sc(-c3ccco3)nc21. The second-order valence-corrected chi connectivity index (χ2v) is 5.55. The minimum Gasteiger partial charge on any atom is -0.462 e. The van der Waals surface area contributed by atoms with Crippen LogP contribution in [0, 0.1) is 0 Å². The van der Waals surface area contributed by atoms with E-state index in [1.807, 2.05) is 12.1 Å². The van der Waals surface area contributed by atoms with Gasteiger partial charge in [-0.2, -0.15) is 0 Å². The summed E-state index contributed by atoms with van der Waals surface area (Å²) in [6.07, 6.45) is 6.40. The van der Waals surface area contributed by atoms with E-state index in [4.69, 9.17) is 15.1 Å². The summed E-state index contributed by atoms with van der Waals surface area (Å²) in [6, 6.07) is 3.88. The lowest BCUT2D eigenvalue weighted by atomic mass is 9.88. The van der Waals surface area contributed by atoms with Gasteiger partial charge in [0.15, 0.2) is 10.8 Å². The van der Waals surface area contributed by atoms with Gasteiger partial charge in [-0.25, -0.2) is 4.98 Å². The van der Waals surface area contributed by atoms with E-state index in [-0.39, 0.29) is 0 Å². The number of furan rings is 1. The molecule has 3 rings (SSSR count). The maximum atomic E-state index is 5.67. The number of rotatable bonds is 3. The first kappa shape index (κ1) is 11.0. The number of hydrogen-bond donors (Lipinski definition) is 1. The Hall–Kier alpha value is -1.13. The molecule has 0 aromatic carbocycles. The Morgan fingerprint density at radius 2 is 2.47 bits per heavy atom. The molecular weight excluding hydrogens is 232 g/mol. The maximum Gasteiger partial charge on any atom is 0.162 e. The van der Waals surface area contributed by atoms with Crippen LogP contribution in [0.15, 0.2) is 22.8 Å². The summed E-state index contributed by atoms with van der Waals surface area (Å²) in [7, 11) is 0. The lowest BCUT2D eigenvalue weighted by molar-refractivity contribution is 0.519. The molecule has 4 heteroatoms. The van der Waals surface area contributed by atoms with Gasteiger partial charge in [0.2, 0.25) is 0 Å². The van der Waals surface area contributed by atoms with E-state index in [0.717, 1.165) is 30.2 Å². The van der Waals surface area contributed by atoms with E-state index in [9.17, 15) is 0 Å². The summed E-state index contributed by atoms with van der Waals surface area (Å²) in [5, 5.41) is 1.02. The Bertz CT molecular complexity index is 489. The van der Waals surface area contributed by atoms with Gasteiger partial charge in [-0.3, -0.25) is 0 Å². The fraction of sp³-hybridized carbons (Fsp3) is 0.462. The molecule has 0 fully saturated rings. The molecule has 0 saturated carbocycles. The fourth-order valence-electron chi connectivity index (χ4n) is 2.50. The summed E-state index contributed by atoms with van der Waals surface area (Å²) in [5.41, 5.74) is 6.95. The van der Waals surface area contributed by atoms with Crippen LogP contribution < -0.4 is 5.73 Å². The highest BCUT2D eigenvalue weighted by Crippen LogP contribution is 2.39. The third kappa shape index (κ3) is 2.03. The van der Waals surface area contributed by atoms with E-state index in [2.05, 4.69) is 0 Å². The van der Waals surface area contributed by atoms with Gasteiger partial charge < -0.3 is 10.2 Å². The largest absolute Gasteiger partial charge is 0.462 e. The number of fused-ring (bicyclic) bond motifs is 1. The van der Waals surface area contributed by atoms with Crippen LogP contribution >= 0.6 is 11.3 Å². The Kier molecular flexibility index (Phi) is 2.99. The molecule has 1 aliphatic carbocycles. The molecule has 17 heavy (non-hydrogen) atoms. The van der Waals surface area contributed by atoms with Crippen LogP contribution in [0.3, 0.4) is 0 Å². The standard InChI is InChI=1S/C13H16N2OS/c14-7-6-9-3-1-5-11-12(9)15-13(17-11)10-4-2-8-16-10/h2,4,8-9H,1,3,5-7,14H2. The zero-order chi connectivity index (χ0) is 11.7. The van der Waals surface area contributed by atoms with Crippen molar-refractivity contribution in [3.63, 3.8) is 0 Å². The average molecular weight is 248 g/mol. The monoisotopic (exact) mass is 248 g/mol. The van der Waals surface area contributed by atoms with Crippen LogP contribution in [0.5, 0.6) is 0 Å². The number of aromatic nitrogens is 1. The first-order valence-corrected chi connectivity index (χ1v) is 6.93. The summed E-state index contributed by atoms with van der Waals surface area (Å²) in [6.45, 7) is 0.748. The highest BCUT2D eigenvalue weighted by molar-refractivity contribution is 7.15. The van der Waals surface area contributed by atoms with E-state index in [1.54, 1.807) is 17.6 Å². The molecule has 2 aromatic rings. The third-order valence-electron chi connectivity index (χ3n) is 3.32. The number of aryl methyl sites for hydroxylation is 1. The molecule has 1 unspecified atom stereocenters. The van der Waals surface area contributed by atoms with Gasteiger partial charge in [-0.1, -0.05) is 0 Å². The minimum atomic E-state index is 0.559. The zero-order valence-electron chi connectivity index (χ0n) is 9.69. The second-order valence-electron chi connectivity index (χ2n) is 4.47. The molecule has 0 spiro atoms. The minimum absolute atomic E-state index is 0.559. The van der Waals surface area contributed by atoms with Gasteiger partial charge >= 0.3 is 0 Å². The van der Waals surface area contributed by atoms with Crippen molar-refractivity contribution in [1.82, 2.24) is 4.98 Å². The van der Waals surface area contributed by atoms with Gasteiger partial charge in [-0.05, 0) is 44.4 Å². The first-order chi connectivity index (χ1) is 8.38. The Morgan fingerprint density at radius 1 is 1.53 bits per heavy atom. The molecular formula is C13H16N2OS. The van der Waals surface area contributed by atoms with E-state index in [1.165, 1.54) is 23.4 Å². The summed E-state index contributed by atoms with van der Waals surface area (Å²) in [5.74, 6) is 1.44. The normalized spacial score (nSPS) is 19.2. The summed E-state index contributed by atoms with van der Waals surface area (Å²) < 4.78 is 5.42. The van der Waals surface area contributed by atoms with Gasteiger partial charge in [0, 0.05) is 10.8 Å². The highest BCUT2D eigenvalue weighted by Gasteiger charge is 2.24. The van der Waals surface area contributed by atoms with Crippen LogP contribution in [0.1, 0.15) is 35.8 Å². The molecule has 0 saturated heterocycles. The predicted octanol–water partition coefficient (Wildman–Crippen LogP) is 3.17. The molecule has 2 N–H and O–H groups in total. The van der Waals surface area contributed by atoms with Crippen LogP contribution in [-0.2, 0) is 6.42 Å². The molecule has 90 valence electrons. The van der Waals surface area contributed by atoms with Gasteiger partial charge in [0.25, 0.3) is 0 Å². The van der Waals surface area contributed by atoms with Crippen molar-refractivity contribution in [3.8, 4) is 10.8 Å². The molecule has 0 radical (unpaired) electrons. The lowest BCUT2D eigenvalue weighted by Crippen LogP contribution is -2.13. The molecule has 3 nitrogen and oxygen atoms in total. The molecule has 0 aliphatic heterocycles. The smallest absolute Gasteiger partial charge is 0.162 e. The van der Waals surface area contributed by atoms with Crippen LogP contribution in [0.4, 0.5) is 0 Å². The number of nitrogens with zero attached hydrogens (tertiary/aromatic N) is 1. The predicted molar refractivity (Wildman–Crippen MR) is 69.2 cm³/mol. The van der Waals surface area contributed by atoms with Crippen molar-refractivity contribution in [2.75, 3.05) is 6.54 Å². The number of nitrogens with two attached hydrogens (primary N) is 1. The van der Waals surface area contributed by atoms with Crippen LogP contribution in [0.25, 0.3) is 10.8 Å². The molecule has 0 bridgehead atoms. The number of hydrogen-bond acceptors (Lipinski definition) is 4. The molecule has 1 atom stereocenters. The van der Waals surface area contributed by atoms with Gasteiger partial charge in [-0.15, -0.1) is 11.3 Å². The Labute approximate surface area is 105 Å². The Morgan fingerprint density at radius 3 is 3.24 bits per heavy atom. The number of thiazole rings is 1. The lowest BCUT2D eigenvalue weighted by Gasteiger charge is -2.19. The van der Waals surface area contributed by atoms with Crippen molar-refractivity contribution < 1.29 is 4.42 Å². The van der Waals surface area contributed by atoms with Crippen molar-refractivity contribution in [1.29, 1.82) is 0 Å². The van der Waals surface area contributed by atoms with E-state index < -0.39 is 0 Å². The van der Waals surface area contributed by atoms with Crippen molar-refractivity contribution in [2.24, 2.45) is 5.73 Å². The van der Waals surface area contributed by atoms with E-state index >= 15 is 0 Å². The quantitative estimate of drug-likeness (QED) is 0.907. The molecule has 2 heterocycles. The molecule has 0 amide bonds. The molecule has 1 aliphatic rings. The van der Waals surface area contributed by atoms with Crippen molar-refractivity contribution in [3.05, 3.63) is 29.0 Å². The first-order valence-electron chi connectivity index (χ1n) is 6.12. The maximum absolute atomic E-state index is 5.67. The second kappa shape index (κ2) is 4.63. The van der Waals surface area contributed by atoms with Crippen molar-refractivity contribution >= 4 is 11.3 Å². The zero-order valence-corrected chi connectivity index (χ0v) is 10.5. The topological polar surface area (TPSA) is 52.0 Å². The third-order valence-corrected chi connectivity index (χ3v) is 4.46. The summed E-state index contributed by atoms with van der Waals surface area (Å²) >= 11 is 1.78. The molecule has 2 aromatic heterocycles.